The van der Waals surface area contributed by atoms with Gasteiger partial charge in [0.1, 0.15) is 11.2 Å². The number of halogens is 3. The van der Waals surface area contributed by atoms with Crippen LogP contribution in [-0.4, -0.2) is 63.8 Å². The maximum absolute atomic E-state index is 13.9. The van der Waals surface area contributed by atoms with Gasteiger partial charge in [0.25, 0.3) is 0 Å². The maximum atomic E-state index is 13.9. The standard InChI is InChI=1S/C25H28F3N5O4/c1-24(2,3)37-23(35)33-9-5-6-15(13-33)31-22-30-12-18(25(26,27)28)20(32-22)17-11-29-19-10-14(21(34)36-4)7-8-16(17)19/h7-8,10-12,15,29H,5-6,9,13H2,1-4H3,(H,30,31,32)/t15-/m0/s1. The lowest BCUT2D eigenvalue weighted by molar-refractivity contribution is -0.137. The average molecular weight is 520 g/mol. The number of benzene rings is 1. The number of nitrogens with one attached hydrogen (secondary N) is 2. The molecule has 2 N–H and O–H groups in total. The predicted octanol–water partition coefficient (Wildman–Crippen LogP) is 5.24. The number of alkyl halides is 3. The van der Waals surface area contributed by atoms with Crippen LogP contribution >= 0.6 is 0 Å². The van der Waals surface area contributed by atoms with Crippen molar-refractivity contribution in [3.63, 3.8) is 0 Å². The number of piperidine rings is 1. The van der Waals surface area contributed by atoms with E-state index in [1.165, 1.54) is 25.4 Å². The van der Waals surface area contributed by atoms with Crippen molar-refractivity contribution in [2.75, 3.05) is 25.5 Å². The van der Waals surface area contributed by atoms with Gasteiger partial charge in [0.05, 0.1) is 18.4 Å². The number of aromatic amines is 1. The summed E-state index contributed by atoms with van der Waals surface area (Å²) in [5.41, 5.74) is -1.00. The number of aromatic nitrogens is 3. The van der Waals surface area contributed by atoms with E-state index in [2.05, 4.69) is 20.3 Å². The molecule has 0 saturated carbocycles. The number of likely N-dealkylation sites (tertiary alicyclic amines) is 1. The van der Waals surface area contributed by atoms with Crippen LogP contribution in [0.5, 0.6) is 0 Å². The van der Waals surface area contributed by atoms with E-state index in [9.17, 15) is 22.8 Å². The molecule has 37 heavy (non-hydrogen) atoms. The fourth-order valence-corrected chi connectivity index (χ4v) is 4.20. The molecule has 0 radical (unpaired) electrons. The summed E-state index contributed by atoms with van der Waals surface area (Å²) in [6, 6.07) is 4.26. The first-order valence-corrected chi connectivity index (χ1v) is 11.7. The fourth-order valence-electron chi connectivity index (χ4n) is 4.20. The Balaban J connectivity index is 1.63. The highest BCUT2D eigenvalue weighted by Gasteiger charge is 2.36. The minimum Gasteiger partial charge on any atom is -0.465 e. The van der Waals surface area contributed by atoms with Crippen molar-refractivity contribution in [2.24, 2.45) is 0 Å². The van der Waals surface area contributed by atoms with Crippen LogP contribution < -0.4 is 5.32 Å². The summed E-state index contributed by atoms with van der Waals surface area (Å²) in [5.74, 6) is -0.546. The van der Waals surface area contributed by atoms with Crippen LogP contribution in [0.25, 0.3) is 22.2 Å². The van der Waals surface area contributed by atoms with E-state index in [0.717, 1.165) is 6.20 Å². The summed E-state index contributed by atoms with van der Waals surface area (Å²) in [6.07, 6.45) is -1.60. The highest BCUT2D eigenvalue weighted by Crippen LogP contribution is 2.39. The molecule has 198 valence electrons. The van der Waals surface area contributed by atoms with Gasteiger partial charge in [-0.1, -0.05) is 6.07 Å². The van der Waals surface area contributed by atoms with E-state index in [0.29, 0.717) is 36.8 Å². The van der Waals surface area contributed by atoms with Crippen LogP contribution in [-0.2, 0) is 15.7 Å². The van der Waals surface area contributed by atoms with Crippen LogP contribution in [0.15, 0.2) is 30.6 Å². The lowest BCUT2D eigenvalue weighted by atomic mass is 10.0. The number of H-pyrrole nitrogens is 1. The van der Waals surface area contributed by atoms with Gasteiger partial charge in [0, 0.05) is 48.0 Å². The van der Waals surface area contributed by atoms with Gasteiger partial charge in [0.15, 0.2) is 0 Å². The van der Waals surface area contributed by atoms with Gasteiger partial charge >= 0.3 is 18.2 Å². The predicted molar refractivity (Wildman–Crippen MR) is 130 cm³/mol. The molecule has 1 aliphatic rings. The molecule has 0 unspecified atom stereocenters. The van der Waals surface area contributed by atoms with Crippen molar-refractivity contribution < 1.29 is 32.2 Å². The van der Waals surface area contributed by atoms with Crippen LogP contribution in [0.4, 0.5) is 23.9 Å². The molecule has 4 rings (SSSR count). The quantitative estimate of drug-likeness (QED) is 0.454. The summed E-state index contributed by atoms with van der Waals surface area (Å²) in [4.78, 5) is 36.9. The van der Waals surface area contributed by atoms with Crippen LogP contribution in [0.3, 0.4) is 0 Å². The second kappa shape index (κ2) is 9.91. The molecule has 3 aromatic rings. The molecule has 12 heteroatoms. The van der Waals surface area contributed by atoms with Crippen molar-refractivity contribution in [3.05, 3.63) is 41.7 Å². The monoisotopic (exact) mass is 519 g/mol. The molecule has 1 saturated heterocycles. The minimum absolute atomic E-state index is 0.0135. The Morgan fingerprint density at radius 2 is 1.97 bits per heavy atom. The largest absolute Gasteiger partial charge is 0.465 e. The van der Waals surface area contributed by atoms with E-state index in [1.54, 1.807) is 31.7 Å². The molecule has 0 bridgehead atoms. The summed E-state index contributed by atoms with van der Waals surface area (Å²) >= 11 is 0. The van der Waals surface area contributed by atoms with Crippen LogP contribution in [0.1, 0.15) is 49.5 Å². The Labute approximate surface area is 211 Å². The smallest absolute Gasteiger partial charge is 0.419 e. The molecule has 0 spiro atoms. The minimum atomic E-state index is -4.69. The fraction of sp³-hybridized carbons (Fsp3) is 0.440. The molecular weight excluding hydrogens is 491 g/mol. The van der Waals surface area contributed by atoms with Gasteiger partial charge in [-0.05, 0) is 45.7 Å². The highest BCUT2D eigenvalue weighted by molar-refractivity contribution is 6.00. The number of methoxy groups -OCH3 is 1. The number of fused-ring (bicyclic) bond motifs is 1. The Morgan fingerprint density at radius 1 is 1.22 bits per heavy atom. The molecule has 1 fully saturated rings. The van der Waals surface area contributed by atoms with E-state index in [4.69, 9.17) is 9.47 Å². The molecule has 0 aliphatic carbocycles. The first kappa shape index (κ1) is 26.2. The Bertz CT molecular complexity index is 1320. The van der Waals surface area contributed by atoms with E-state index in [1.807, 2.05) is 0 Å². The van der Waals surface area contributed by atoms with Crippen molar-refractivity contribution in [1.82, 2.24) is 19.9 Å². The third kappa shape index (κ3) is 5.95. The molecule has 1 amide bonds. The van der Waals surface area contributed by atoms with Gasteiger partial charge in [-0.15, -0.1) is 0 Å². The number of esters is 1. The Hall–Kier alpha value is -3.83. The summed E-state index contributed by atoms with van der Waals surface area (Å²) in [5, 5.41) is 3.53. The zero-order valence-electron chi connectivity index (χ0n) is 20.9. The number of carbonyl (C=O) groups is 2. The van der Waals surface area contributed by atoms with Crippen LogP contribution in [0.2, 0.25) is 0 Å². The molecule has 1 aromatic carbocycles. The molecule has 1 aliphatic heterocycles. The normalized spacial score (nSPS) is 16.5. The first-order chi connectivity index (χ1) is 17.4. The summed E-state index contributed by atoms with van der Waals surface area (Å²) < 4.78 is 51.8. The van der Waals surface area contributed by atoms with E-state index < -0.39 is 29.4 Å². The second-order valence-corrected chi connectivity index (χ2v) is 9.82. The zero-order chi connectivity index (χ0) is 27.0. The topological polar surface area (TPSA) is 109 Å². The van der Waals surface area contributed by atoms with E-state index in [-0.39, 0.29) is 28.8 Å². The lowest BCUT2D eigenvalue weighted by Gasteiger charge is -2.34. The zero-order valence-corrected chi connectivity index (χ0v) is 20.9. The summed E-state index contributed by atoms with van der Waals surface area (Å²) in [6.45, 7) is 6.17. The molecule has 1 atom stereocenters. The SMILES string of the molecule is COC(=O)c1ccc2c(-c3nc(N[C@H]4CCCN(C(=O)OC(C)(C)C)C4)ncc3C(F)(F)F)c[nH]c2c1. The van der Waals surface area contributed by atoms with Gasteiger partial charge in [-0.3, -0.25) is 0 Å². The average Bonchev–Trinajstić information content (AvgIpc) is 3.25. The number of amides is 1. The number of anilines is 1. The number of carbonyl (C=O) groups excluding carboxylic acids is 2. The molecular formula is C25H28F3N5O4. The molecule has 3 heterocycles. The first-order valence-electron chi connectivity index (χ1n) is 11.7. The maximum Gasteiger partial charge on any atom is 0.419 e. The Kier molecular flexibility index (Phi) is 7.03. The highest BCUT2D eigenvalue weighted by atomic mass is 19.4. The van der Waals surface area contributed by atoms with Crippen molar-refractivity contribution in [1.29, 1.82) is 0 Å². The Morgan fingerprint density at radius 3 is 2.65 bits per heavy atom. The number of hydrogen-bond donors (Lipinski definition) is 2. The third-order valence-corrected chi connectivity index (χ3v) is 5.86. The van der Waals surface area contributed by atoms with Crippen molar-refractivity contribution in [3.8, 4) is 11.3 Å². The number of rotatable bonds is 4. The van der Waals surface area contributed by atoms with Gasteiger partial charge in [-0.2, -0.15) is 13.2 Å². The lowest BCUT2D eigenvalue weighted by Crippen LogP contribution is -2.47. The van der Waals surface area contributed by atoms with E-state index >= 15 is 0 Å². The van der Waals surface area contributed by atoms with Gasteiger partial charge in [-0.25, -0.2) is 19.6 Å². The second-order valence-electron chi connectivity index (χ2n) is 9.82. The summed E-state index contributed by atoms with van der Waals surface area (Å²) in [7, 11) is 1.25. The van der Waals surface area contributed by atoms with Crippen molar-refractivity contribution in [2.45, 2.75) is 51.4 Å². The van der Waals surface area contributed by atoms with Gasteiger partial charge < -0.3 is 24.7 Å². The number of hydrogen-bond acceptors (Lipinski definition) is 7. The third-order valence-electron chi connectivity index (χ3n) is 5.86. The number of ether oxygens (including phenoxy) is 2. The molecule has 2 aromatic heterocycles. The van der Waals surface area contributed by atoms with Gasteiger partial charge in [0.2, 0.25) is 5.95 Å². The molecule has 9 nitrogen and oxygen atoms in total. The number of nitrogens with zero attached hydrogens (tertiary/aromatic N) is 3. The van der Waals surface area contributed by atoms with Crippen molar-refractivity contribution >= 4 is 28.9 Å². The van der Waals surface area contributed by atoms with Crippen LogP contribution in [0, 0.1) is 0 Å².